The molecule has 1 aliphatic carbocycles. The van der Waals surface area contributed by atoms with Gasteiger partial charge in [0, 0.05) is 44.5 Å². The first kappa shape index (κ1) is 29.8. The molecule has 0 bridgehead atoms. The maximum atomic E-state index is 4.87. The number of aryl methyl sites for hydroxylation is 2. The summed E-state index contributed by atoms with van der Waals surface area (Å²) in [6.45, 7) is 9.42. The van der Waals surface area contributed by atoms with Gasteiger partial charge in [0.25, 0.3) is 0 Å². The van der Waals surface area contributed by atoms with Gasteiger partial charge in [-0.3, -0.25) is 4.90 Å². The van der Waals surface area contributed by atoms with Crippen LogP contribution in [0.5, 0.6) is 0 Å². The Hall–Kier alpha value is -2.18. The predicted molar refractivity (Wildman–Crippen MR) is 166 cm³/mol. The van der Waals surface area contributed by atoms with Crippen molar-refractivity contribution in [2.24, 2.45) is 5.92 Å². The number of hydrogen-bond acceptors (Lipinski definition) is 6. The molecule has 1 saturated carbocycles. The van der Waals surface area contributed by atoms with Gasteiger partial charge in [-0.05, 0) is 70.4 Å². The Bertz CT molecular complexity index is 945. The van der Waals surface area contributed by atoms with Crippen molar-refractivity contribution in [1.29, 1.82) is 0 Å². The first-order chi connectivity index (χ1) is 19.0. The molecule has 0 spiro atoms. The van der Waals surface area contributed by atoms with E-state index in [2.05, 4.69) is 76.4 Å². The second-order valence-corrected chi connectivity index (χ2v) is 12.3. The number of hydrogen-bond donors (Lipinski definition) is 1. The molecule has 1 saturated heterocycles. The van der Waals surface area contributed by atoms with Crippen molar-refractivity contribution in [2.75, 3.05) is 63.6 Å². The van der Waals surface area contributed by atoms with E-state index in [1.807, 2.05) is 0 Å². The van der Waals surface area contributed by atoms with Gasteiger partial charge in [-0.1, -0.05) is 82.1 Å². The first-order valence-corrected chi connectivity index (χ1v) is 15.8. The molecule has 2 aromatic rings. The van der Waals surface area contributed by atoms with Crippen LogP contribution in [-0.2, 0) is 13.0 Å². The SMILES string of the molecule is Cc1cc(N2CCN(CCCN(C)C)CC2)nc(NCc2ccc(CCCCCCC3CCCCC3)cc2)n1. The van der Waals surface area contributed by atoms with Crippen molar-refractivity contribution in [1.82, 2.24) is 19.8 Å². The maximum absolute atomic E-state index is 4.87. The zero-order valence-electron chi connectivity index (χ0n) is 25.1. The minimum absolute atomic E-state index is 0.732. The van der Waals surface area contributed by atoms with Crippen LogP contribution in [-0.4, -0.2) is 73.1 Å². The topological polar surface area (TPSA) is 47.5 Å². The van der Waals surface area contributed by atoms with Gasteiger partial charge in [-0.2, -0.15) is 4.98 Å². The normalized spacial score (nSPS) is 17.2. The third-order valence-electron chi connectivity index (χ3n) is 8.64. The lowest BCUT2D eigenvalue weighted by molar-refractivity contribution is 0.242. The largest absolute Gasteiger partial charge is 0.354 e. The molecule has 6 nitrogen and oxygen atoms in total. The fraction of sp³-hybridized carbons (Fsp3) is 0.697. The van der Waals surface area contributed by atoms with Crippen molar-refractivity contribution in [2.45, 2.75) is 90.5 Å². The van der Waals surface area contributed by atoms with Crippen LogP contribution in [0.3, 0.4) is 0 Å². The van der Waals surface area contributed by atoms with Crippen molar-refractivity contribution < 1.29 is 0 Å². The van der Waals surface area contributed by atoms with E-state index in [1.165, 1.54) is 94.7 Å². The molecular weight excluding hydrogens is 480 g/mol. The second-order valence-electron chi connectivity index (χ2n) is 12.3. The van der Waals surface area contributed by atoms with Crippen LogP contribution in [0.2, 0.25) is 0 Å². The number of rotatable bonds is 15. The minimum Gasteiger partial charge on any atom is -0.354 e. The zero-order chi connectivity index (χ0) is 27.3. The van der Waals surface area contributed by atoms with Crippen molar-refractivity contribution >= 4 is 11.8 Å². The summed E-state index contributed by atoms with van der Waals surface area (Å²) in [6.07, 6.45) is 16.8. The molecule has 1 N–H and O–H groups in total. The van der Waals surface area contributed by atoms with Gasteiger partial charge in [-0.15, -0.1) is 0 Å². The zero-order valence-corrected chi connectivity index (χ0v) is 25.1. The summed E-state index contributed by atoms with van der Waals surface area (Å²) in [6, 6.07) is 11.3. The van der Waals surface area contributed by atoms with Gasteiger partial charge in [0.15, 0.2) is 0 Å². The predicted octanol–water partition coefficient (Wildman–Crippen LogP) is 6.54. The van der Waals surface area contributed by atoms with Crippen LogP contribution in [0.1, 0.15) is 87.4 Å². The number of benzene rings is 1. The molecule has 2 aliphatic rings. The molecule has 39 heavy (non-hydrogen) atoms. The minimum atomic E-state index is 0.732. The molecule has 4 rings (SSSR count). The van der Waals surface area contributed by atoms with E-state index in [9.17, 15) is 0 Å². The number of nitrogens with one attached hydrogen (secondary N) is 1. The fourth-order valence-corrected chi connectivity index (χ4v) is 6.20. The van der Waals surface area contributed by atoms with Gasteiger partial charge in [-0.25, -0.2) is 4.98 Å². The molecule has 2 fully saturated rings. The quantitative estimate of drug-likeness (QED) is 0.262. The van der Waals surface area contributed by atoms with Crippen LogP contribution >= 0.6 is 0 Å². The van der Waals surface area contributed by atoms with Gasteiger partial charge < -0.3 is 15.1 Å². The summed E-state index contributed by atoms with van der Waals surface area (Å²) >= 11 is 0. The summed E-state index contributed by atoms with van der Waals surface area (Å²) in [4.78, 5) is 16.8. The van der Waals surface area contributed by atoms with Gasteiger partial charge in [0.05, 0.1) is 0 Å². The molecule has 0 unspecified atom stereocenters. The smallest absolute Gasteiger partial charge is 0.225 e. The molecular formula is C33H54N6. The van der Waals surface area contributed by atoms with Crippen molar-refractivity contribution in [3.05, 3.63) is 47.2 Å². The van der Waals surface area contributed by atoms with E-state index in [4.69, 9.17) is 4.98 Å². The third-order valence-corrected chi connectivity index (χ3v) is 8.64. The summed E-state index contributed by atoms with van der Waals surface area (Å²) in [5, 5.41) is 3.48. The van der Waals surface area contributed by atoms with E-state index in [-0.39, 0.29) is 0 Å². The Morgan fingerprint density at radius 1 is 0.846 bits per heavy atom. The highest BCUT2D eigenvalue weighted by atomic mass is 15.3. The van der Waals surface area contributed by atoms with Crippen LogP contribution in [0.4, 0.5) is 11.8 Å². The fourth-order valence-electron chi connectivity index (χ4n) is 6.20. The van der Waals surface area contributed by atoms with Gasteiger partial charge in [0.2, 0.25) is 5.95 Å². The lowest BCUT2D eigenvalue weighted by Gasteiger charge is -2.35. The summed E-state index contributed by atoms with van der Waals surface area (Å²) in [5.74, 6) is 2.82. The highest BCUT2D eigenvalue weighted by Crippen LogP contribution is 2.28. The van der Waals surface area contributed by atoms with E-state index in [0.717, 1.165) is 62.6 Å². The van der Waals surface area contributed by atoms with E-state index >= 15 is 0 Å². The van der Waals surface area contributed by atoms with Crippen molar-refractivity contribution in [3.63, 3.8) is 0 Å². The summed E-state index contributed by atoms with van der Waals surface area (Å²) in [7, 11) is 4.30. The molecule has 1 aromatic carbocycles. The molecule has 216 valence electrons. The highest BCUT2D eigenvalue weighted by molar-refractivity contribution is 5.45. The van der Waals surface area contributed by atoms with Crippen molar-refractivity contribution in [3.8, 4) is 0 Å². The molecule has 0 amide bonds. The first-order valence-electron chi connectivity index (χ1n) is 15.8. The van der Waals surface area contributed by atoms with Crippen LogP contribution in [0.25, 0.3) is 0 Å². The number of unbranched alkanes of at least 4 members (excludes halogenated alkanes) is 3. The Labute approximate surface area is 238 Å². The van der Waals surface area contributed by atoms with E-state index < -0.39 is 0 Å². The van der Waals surface area contributed by atoms with Crippen LogP contribution in [0, 0.1) is 12.8 Å². The monoisotopic (exact) mass is 534 g/mol. The molecule has 0 radical (unpaired) electrons. The van der Waals surface area contributed by atoms with E-state index in [1.54, 1.807) is 0 Å². The Kier molecular flexibility index (Phi) is 12.4. The highest BCUT2D eigenvalue weighted by Gasteiger charge is 2.19. The number of anilines is 2. The lowest BCUT2D eigenvalue weighted by Crippen LogP contribution is -2.47. The second kappa shape index (κ2) is 16.2. The molecule has 1 aromatic heterocycles. The summed E-state index contributed by atoms with van der Waals surface area (Å²) < 4.78 is 0. The Morgan fingerprint density at radius 2 is 1.56 bits per heavy atom. The van der Waals surface area contributed by atoms with Crippen LogP contribution < -0.4 is 10.2 Å². The van der Waals surface area contributed by atoms with Crippen LogP contribution in [0.15, 0.2) is 30.3 Å². The van der Waals surface area contributed by atoms with Gasteiger partial charge >= 0.3 is 0 Å². The number of piperazine rings is 1. The average Bonchev–Trinajstić information content (AvgIpc) is 2.95. The Morgan fingerprint density at radius 3 is 2.31 bits per heavy atom. The molecule has 6 heteroatoms. The standard InChI is InChI=1S/C33H54N6/c1-28-26-32(39-24-22-38(23-25-39)21-11-20-37(2)3)36-33(35-28)34-27-31-18-16-30(17-19-31)15-8-5-4-7-12-29-13-9-6-10-14-29/h16-19,26,29H,4-15,20-25,27H2,1-3H3,(H,34,35,36). The molecule has 0 atom stereocenters. The number of nitrogens with zero attached hydrogens (tertiary/aromatic N) is 5. The molecule has 2 heterocycles. The average molecular weight is 535 g/mol. The third kappa shape index (κ3) is 10.7. The van der Waals surface area contributed by atoms with Gasteiger partial charge in [0.1, 0.15) is 5.82 Å². The molecule has 1 aliphatic heterocycles. The Balaban J connectivity index is 1.14. The lowest BCUT2D eigenvalue weighted by atomic mass is 9.85. The summed E-state index contributed by atoms with van der Waals surface area (Å²) in [5.41, 5.74) is 3.76. The number of aromatic nitrogens is 2. The van der Waals surface area contributed by atoms with E-state index in [0.29, 0.717) is 0 Å². The maximum Gasteiger partial charge on any atom is 0.225 e.